The van der Waals surface area contributed by atoms with Gasteiger partial charge in [-0.05, 0) is 48.0 Å². The fourth-order valence-electron chi connectivity index (χ4n) is 4.90. The molecule has 216 valence electrons. The summed E-state index contributed by atoms with van der Waals surface area (Å²) in [5.74, 6) is 0.642. The summed E-state index contributed by atoms with van der Waals surface area (Å²) in [5, 5.41) is 8.82. The van der Waals surface area contributed by atoms with Gasteiger partial charge in [-0.25, -0.2) is 4.39 Å². The number of methoxy groups -OCH3 is 2. The van der Waals surface area contributed by atoms with Crippen molar-refractivity contribution in [1.29, 1.82) is 0 Å². The predicted molar refractivity (Wildman–Crippen MR) is 157 cm³/mol. The highest BCUT2D eigenvalue weighted by atomic mass is 19.1. The first-order valence-electron chi connectivity index (χ1n) is 13.6. The van der Waals surface area contributed by atoms with Crippen molar-refractivity contribution in [3.8, 4) is 22.8 Å². The molecule has 0 unspecified atom stereocenters. The molecule has 0 saturated carbocycles. The summed E-state index contributed by atoms with van der Waals surface area (Å²) in [6.07, 6.45) is 0. The Morgan fingerprint density at radius 3 is 2.21 bits per heavy atom. The number of piperazine rings is 1. The third kappa shape index (κ3) is 6.49. The minimum Gasteiger partial charge on any atom is -0.493 e. The van der Waals surface area contributed by atoms with Gasteiger partial charge in [0, 0.05) is 38.3 Å². The first-order chi connectivity index (χ1) is 20.5. The highest BCUT2D eigenvalue weighted by molar-refractivity contribution is 5.96. The van der Waals surface area contributed by atoms with E-state index in [-0.39, 0.29) is 24.6 Å². The average Bonchev–Trinajstić information content (AvgIpc) is 3.04. The third-order valence-electron chi connectivity index (χ3n) is 7.22. The molecular weight excluding hydrogens is 537 g/mol. The van der Waals surface area contributed by atoms with Crippen LogP contribution < -0.4 is 14.4 Å². The van der Waals surface area contributed by atoms with Gasteiger partial charge >= 0.3 is 0 Å². The van der Waals surface area contributed by atoms with E-state index in [0.717, 1.165) is 11.1 Å². The lowest BCUT2D eigenvalue weighted by atomic mass is 10.1. The maximum atomic E-state index is 14.5. The van der Waals surface area contributed by atoms with Gasteiger partial charge in [0.25, 0.3) is 5.91 Å². The molecule has 0 aliphatic carbocycles. The van der Waals surface area contributed by atoms with Gasteiger partial charge < -0.3 is 24.2 Å². The molecule has 0 spiro atoms. The second kappa shape index (κ2) is 13.1. The molecule has 1 saturated heterocycles. The van der Waals surface area contributed by atoms with Crippen LogP contribution >= 0.6 is 0 Å². The van der Waals surface area contributed by atoms with E-state index in [1.807, 2.05) is 60.7 Å². The van der Waals surface area contributed by atoms with E-state index >= 15 is 0 Å². The number of aromatic nitrogens is 2. The molecule has 10 heteroatoms. The molecule has 0 radical (unpaired) electrons. The Kier molecular flexibility index (Phi) is 8.91. The van der Waals surface area contributed by atoms with Crippen molar-refractivity contribution in [3.63, 3.8) is 0 Å². The van der Waals surface area contributed by atoms with E-state index in [0.29, 0.717) is 49.2 Å². The highest BCUT2D eigenvalue weighted by Gasteiger charge is 2.27. The van der Waals surface area contributed by atoms with Crippen molar-refractivity contribution in [2.45, 2.75) is 6.54 Å². The number of carbonyl (C=O) groups excluding carboxylic acids is 2. The second-order valence-corrected chi connectivity index (χ2v) is 9.84. The lowest BCUT2D eigenvalue weighted by molar-refractivity contribution is -0.132. The zero-order valence-corrected chi connectivity index (χ0v) is 23.6. The average molecular weight is 570 g/mol. The van der Waals surface area contributed by atoms with Gasteiger partial charge in [-0.15, -0.1) is 10.2 Å². The zero-order chi connectivity index (χ0) is 29.5. The van der Waals surface area contributed by atoms with Crippen molar-refractivity contribution in [2.75, 3.05) is 51.8 Å². The molecule has 2 heterocycles. The molecule has 0 bridgehead atoms. The standard InChI is InChI=1S/C32H32FN5O4/c1-41-28-14-12-24(20-29(28)42-2)27-13-15-30(35-34-27)36-16-18-37(19-17-36)31(39)22-38(21-23-8-4-3-5-9-23)32(40)25-10-6-7-11-26(25)33/h3-15,20H,16-19,21-22H2,1-2H3. The van der Waals surface area contributed by atoms with E-state index in [2.05, 4.69) is 15.1 Å². The van der Waals surface area contributed by atoms with Crippen LogP contribution in [-0.4, -0.2) is 78.8 Å². The number of amides is 2. The Balaban J connectivity index is 1.22. The van der Waals surface area contributed by atoms with E-state index in [1.54, 1.807) is 25.2 Å². The number of ether oxygens (including phenoxy) is 2. The summed E-state index contributed by atoms with van der Waals surface area (Å²) in [7, 11) is 3.17. The summed E-state index contributed by atoms with van der Waals surface area (Å²) < 4.78 is 25.1. The Morgan fingerprint density at radius 1 is 0.833 bits per heavy atom. The summed E-state index contributed by atoms with van der Waals surface area (Å²) in [6, 6.07) is 24.6. The summed E-state index contributed by atoms with van der Waals surface area (Å²) in [4.78, 5) is 31.8. The number of carbonyl (C=O) groups is 2. The van der Waals surface area contributed by atoms with Gasteiger partial charge in [-0.3, -0.25) is 9.59 Å². The molecule has 2 amide bonds. The van der Waals surface area contributed by atoms with Gasteiger partial charge in [0.15, 0.2) is 17.3 Å². The van der Waals surface area contributed by atoms with Crippen molar-refractivity contribution in [1.82, 2.24) is 20.0 Å². The summed E-state index contributed by atoms with van der Waals surface area (Å²) in [6.45, 7) is 2.10. The minimum absolute atomic E-state index is 0.0545. The van der Waals surface area contributed by atoms with E-state index in [9.17, 15) is 14.0 Å². The SMILES string of the molecule is COc1ccc(-c2ccc(N3CCN(C(=O)CN(Cc4ccccc4)C(=O)c4ccccc4F)CC3)nn2)cc1OC. The largest absolute Gasteiger partial charge is 0.493 e. The van der Waals surface area contributed by atoms with Crippen molar-refractivity contribution in [3.05, 3.63) is 102 Å². The normalized spacial score (nSPS) is 13.0. The quantitative estimate of drug-likeness (QED) is 0.297. The molecule has 0 atom stereocenters. The van der Waals surface area contributed by atoms with Crippen LogP contribution in [0.25, 0.3) is 11.3 Å². The number of hydrogen-bond donors (Lipinski definition) is 0. The summed E-state index contributed by atoms with van der Waals surface area (Å²) in [5.41, 5.74) is 2.36. The zero-order valence-electron chi connectivity index (χ0n) is 23.6. The second-order valence-electron chi connectivity index (χ2n) is 9.84. The van der Waals surface area contributed by atoms with E-state index in [1.165, 1.54) is 23.1 Å². The van der Waals surface area contributed by atoms with Crippen LogP contribution in [0.5, 0.6) is 11.5 Å². The Bertz CT molecular complexity index is 1530. The maximum absolute atomic E-state index is 14.5. The van der Waals surface area contributed by atoms with Crippen LogP contribution in [-0.2, 0) is 11.3 Å². The molecule has 1 aromatic heterocycles. The number of rotatable bonds is 9. The predicted octanol–water partition coefficient (Wildman–Crippen LogP) is 4.29. The molecule has 1 fully saturated rings. The molecule has 0 N–H and O–H groups in total. The molecule has 9 nitrogen and oxygen atoms in total. The molecular formula is C32H32FN5O4. The van der Waals surface area contributed by atoms with E-state index < -0.39 is 11.7 Å². The molecule has 1 aliphatic rings. The molecule has 3 aromatic carbocycles. The van der Waals surface area contributed by atoms with Gasteiger partial charge in [-0.1, -0.05) is 42.5 Å². The minimum atomic E-state index is -0.611. The van der Waals surface area contributed by atoms with Crippen molar-refractivity contribution < 1.29 is 23.5 Å². The fraction of sp³-hybridized carbons (Fsp3) is 0.250. The Morgan fingerprint density at radius 2 is 1.55 bits per heavy atom. The van der Waals surface area contributed by atoms with Crippen LogP contribution in [0.15, 0.2) is 84.9 Å². The number of halogens is 1. The van der Waals surface area contributed by atoms with Crippen LogP contribution in [0.3, 0.4) is 0 Å². The Hall–Kier alpha value is -4.99. The lowest BCUT2D eigenvalue weighted by Gasteiger charge is -2.36. The summed E-state index contributed by atoms with van der Waals surface area (Å²) >= 11 is 0. The maximum Gasteiger partial charge on any atom is 0.257 e. The topological polar surface area (TPSA) is 88.1 Å². The van der Waals surface area contributed by atoms with Crippen LogP contribution in [0.4, 0.5) is 10.2 Å². The van der Waals surface area contributed by atoms with Gasteiger partial charge in [0.2, 0.25) is 5.91 Å². The molecule has 4 aromatic rings. The van der Waals surface area contributed by atoms with E-state index in [4.69, 9.17) is 9.47 Å². The van der Waals surface area contributed by atoms with Crippen molar-refractivity contribution >= 4 is 17.6 Å². The number of anilines is 1. The third-order valence-corrected chi connectivity index (χ3v) is 7.22. The Labute approximate surface area is 244 Å². The number of hydrogen-bond acceptors (Lipinski definition) is 7. The smallest absolute Gasteiger partial charge is 0.257 e. The highest BCUT2D eigenvalue weighted by Crippen LogP contribution is 2.31. The van der Waals surface area contributed by atoms with Gasteiger partial charge in [0.1, 0.15) is 12.4 Å². The first-order valence-corrected chi connectivity index (χ1v) is 13.6. The molecule has 42 heavy (non-hydrogen) atoms. The van der Waals surface area contributed by atoms with Crippen LogP contribution in [0.2, 0.25) is 0 Å². The first kappa shape index (κ1) is 28.5. The molecule has 1 aliphatic heterocycles. The van der Waals surface area contributed by atoms with Gasteiger partial charge in [-0.2, -0.15) is 0 Å². The van der Waals surface area contributed by atoms with Crippen molar-refractivity contribution in [2.24, 2.45) is 0 Å². The monoisotopic (exact) mass is 569 g/mol. The number of benzene rings is 3. The van der Waals surface area contributed by atoms with Gasteiger partial charge in [0.05, 0.1) is 25.5 Å². The number of nitrogens with zero attached hydrogens (tertiary/aromatic N) is 5. The molecule has 5 rings (SSSR count). The van der Waals surface area contributed by atoms with Crippen LogP contribution in [0.1, 0.15) is 15.9 Å². The fourth-order valence-corrected chi connectivity index (χ4v) is 4.90. The van der Waals surface area contributed by atoms with Crippen LogP contribution in [0, 0.1) is 5.82 Å². The lowest BCUT2D eigenvalue weighted by Crippen LogP contribution is -2.52.